The van der Waals surface area contributed by atoms with Crippen molar-refractivity contribution in [2.24, 2.45) is 0 Å². The second-order valence-electron chi connectivity index (χ2n) is 7.13. The maximum Gasteiger partial charge on any atom is 0.274 e. The number of amides is 1. The molecule has 4 rings (SSSR count). The van der Waals surface area contributed by atoms with Crippen molar-refractivity contribution in [2.75, 3.05) is 13.7 Å². The minimum atomic E-state index is -0.224. The molecule has 1 amide bonds. The number of likely N-dealkylation sites (tertiary alicyclic amines) is 1. The fourth-order valence-corrected chi connectivity index (χ4v) is 3.76. The van der Waals surface area contributed by atoms with Gasteiger partial charge in [-0.3, -0.25) is 9.59 Å². The van der Waals surface area contributed by atoms with Gasteiger partial charge in [-0.05, 0) is 42.2 Å². The fraction of sp³-hybridized carbons (Fsp3) is 0.261. The lowest BCUT2D eigenvalue weighted by Crippen LogP contribution is -2.33. The van der Waals surface area contributed by atoms with Gasteiger partial charge in [0.25, 0.3) is 11.5 Å². The maximum atomic E-state index is 13.2. The van der Waals surface area contributed by atoms with Crippen LogP contribution in [0.5, 0.6) is 5.75 Å². The number of methoxy groups -OCH3 is 1. The van der Waals surface area contributed by atoms with E-state index in [2.05, 4.69) is 5.10 Å². The lowest BCUT2D eigenvalue weighted by molar-refractivity contribution is 0.0727. The van der Waals surface area contributed by atoms with Gasteiger partial charge in [-0.2, -0.15) is 5.10 Å². The third-order valence-corrected chi connectivity index (χ3v) is 5.28. The minimum absolute atomic E-state index is 0.00436. The molecule has 148 valence electrons. The summed E-state index contributed by atoms with van der Waals surface area (Å²) in [5, 5.41) is 4.36. The summed E-state index contributed by atoms with van der Waals surface area (Å²) in [5.74, 6) is 0.643. The Morgan fingerprint density at radius 2 is 1.83 bits per heavy atom. The van der Waals surface area contributed by atoms with Gasteiger partial charge in [0.2, 0.25) is 0 Å². The van der Waals surface area contributed by atoms with Gasteiger partial charge in [-0.25, -0.2) is 4.68 Å². The van der Waals surface area contributed by atoms with Crippen molar-refractivity contribution in [3.63, 3.8) is 0 Å². The molecule has 0 aliphatic carbocycles. The Balaban J connectivity index is 1.58. The summed E-state index contributed by atoms with van der Waals surface area (Å²) in [4.78, 5) is 27.3. The highest BCUT2D eigenvalue weighted by Gasteiger charge is 2.31. The number of hydrogen-bond acceptors (Lipinski definition) is 4. The summed E-state index contributed by atoms with van der Waals surface area (Å²) in [6.45, 7) is 1.01. The molecule has 0 spiro atoms. The number of rotatable bonds is 5. The van der Waals surface area contributed by atoms with Crippen molar-refractivity contribution in [2.45, 2.75) is 25.4 Å². The lowest BCUT2D eigenvalue weighted by Gasteiger charge is -2.25. The molecule has 2 heterocycles. The van der Waals surface area contributed by atoms with Crippen LogP contribution in [0.4, 0.5) is 0 Å². The Bertz CT molecular complexity index is 1040. The highest BCUT2D eigenvalue weighted by atomic mass is 16.5. The van der Waals surface area contributed by atoms with Gasteiger partial charge in [0.15, 0.2) is 0 Å². The molecule has 1 aliphatic rings. The fourth-order valence-electron chi connectivity index (χ4n) is 3.76. The average Bonchev–Trinajstić information content (AvgIpc) is 3.25. The van der Waals surface area contributed by atoms with Gasteiger partial charge in [0.1, 0.15) is 11.4 Å². The molecule has 6 nitrogen and oxygen atoms in total. The number of aromatic nitrogens is 2. The molecule has 2 aromatic carbocycles. The number of nitrogens with zero attached hydrogens (tertiary/aromatic N) is 3. The topological polar surface area (TPSA) is 64.4 Å². The van der Waals surface area contributed by atoms with Crippen LogP contribution in [-0.2, 0) is 6.54 Å². The molecule has 0 radical (unpaired) electrons. The second-order valence-corrected chi connectivity index (χ2v) is 7.13. The molecule has 29 heavy (non-hydrogen) atoms. The highest BCUT2D eigenvalue weighted by Crippen LogP contribution is 2.33. The molecule has 1 aliphatic heterocycles. The number of carbonyl (C=O) groups excluding carboxylic acids is 1. The smallest absolute Gasteiger partial charge is 0.274 e. The Labute approximate surface area is 169 Å². The summed E-state index contributed by atoms with van der Waals surface area (Å²) in [5.41, 5.74) is 2.11. The van der Waals surface area contributed by atoms with Gasteiger partial charge < -0.3 is 9.64 Å². The van der Waals surface area contributed by atoms with Crippen LogP contribution in [0.15, 0.2) is 71.5 Å². The normalized spacial score (nSPS) is 16.0. The monoisotopic (exact) mass is 389 g/mol. The summed E-state index contributed by atoms with van der Waals surface area (Å²) in [6.07, 6.45) is 1.84. The van der Waals surface area contributed by atoms with Crippen LogP contribution in [0.25, 0.3) is 0 Å². The Morgan fingerprint density at radius 1 is 1.07 bits per heavy atom. The Morgan fingerprint density at radius 3 is 2.55 bits per heavy atom. The lowest BCUT2D eigenvalue weighted by atomic mass is 10.0. The molecular weight excluding hydrogens is 366 g/mol. The summed E-state index contributed by atoms with van der Waals surface area (Å²) >= 11 is 0. The van der Waals surface area contributed by atoms with Crippen molar-refractivity contribution in [3.05, 3.63) is 93.9 Å². The van der Waals surface area contributed by atoms with E-state index in [1.165, 1.54) is 16.8 Å². The molecular formula is C23H23N3O3. The van der Waals surface area contributed by atoms with Crippen LogP contribution in [0.1, 0.15) is 40.5 Å². The zero-order valence-electron chi connectivity index (χ0n) is 16.3. The molecule has 1 saturated heterocycles. The van der Waals surface area contributed by atoms with E-state index >= 15 is 0 Å². The second kappa shape index (κ2) is 8.31. The first kappa shape index (κ1) is 18.9. The Hall–Kier alpha value is -3.41. The zero-order chi connectivity index (χ0) is 20.2. The van der Waals surface area contributed by atoms with Crippen LogP contribution < -0.4 is 10.3 Å². The molecule has 1 aromatic heterocycles. The standard InChI is InChI=1S/C23H23N3O3/c1-29-19-11-9-18(10-12-19)21-8-5-15-25(21)23(28)20-13-14-22(27)26(24-20)16-17-6-3-2-4-7-17/h2-4,6-7,9-14,21H,5,8,15-16H2,1H3/t21-/m1/s1. The van der Waals surface area contributed by atoms with Crippen LogP contribution in [-0.4, -0.2) is 34.2 Å². The number of benzene rings is 2. The van der Waals surface area contributed by atoms with Crippen LogP contribution in [0.3, 0.4) is 0 Å². The molecule has 6 heteroatoms. The van der Waals surface area contributed by atoms with E-state index in [1.807, 2.05) is 59.5 Å². The van der Waals surface area contributed by atoms with E-state index in [-0.39, 0.29) is 17.5 Å². The largest absolute Gasteiger partial charge is 0.497 e. The molecule has 0 bridgehead atoms. The van der Waals surface area contributed by atoms with E-state index in [9.17, 15) is 9.59 Å². The van der Waals surface area contributed by atoms with Crippen molar-refractivity contribution >= 4 is 5.91 Å². The van der Waals surface area contributed by atoms with Gasteiger partial charge in [0.05, 0.1) is 19.7 Å². The van der Waals surface area contributed by atoms with Crippen LogP contribution >= 0.6 is 0 Å². The van der Waals surface area contributed by atoms with Crippen molar-refractivity contribution in [1.29, 1.82) is 0 Å². The van der Waals surface area contributed by atoms with Crippen LogP contribution in [0, 0.1) is 0 Å². The molecule has 3 aromatic rings. The summed E-state index contributed by atoms with van der Waals surface area (Å²) in [7, 11) is 1.64. The molecule has 0 saturated carbocycles. The third kappa shape index (κ3) is 4.06. The average molecular weight is 389 g/mol. The van der Waals surface area contributed by atoms with E-state index in [4.69, 9.17) is 4.74 Å². The van der Waals surface area contributed by atoms with Crippen molar-refractivity contribution < 1.29 is 9.53 Å². The maximum absolute atomic E-state index is 13.2. The van der Waals surface area contributed by atoms with Crippen molar-refractivity contribution in [1.82, 2.24) is 14.7 Å². The molecule has 1 atom stereocenters. The van der Waals surface area contributed by atoms with E-state index in [0.29, 0.717) is 18.8 Å². The predicted octanol–water partition coefficient (Wildman–Crippen LogP) is 3.28. The molecule has 0 unspecified atom stereocenters. The van der Waals surface area contributed by atoms with E-state index < -0.39 is 0 Å². The SMILES string of the molecule is COc1ccc([C@H]2CCCN2C(=O)c2ccc(=O)n(Cc3ccccc3)n2)cc1. The third-order valence-electron chi connectivity index (χ3n) is 5.28. The van der Waals surface area contributed by atoms with E-state index in [0.717, 1.165) is 29.7 Å². The van der Waals surface area contributed by atoms with Gasteiger partial charge >= 0.3 is 0 Å². The van der Waals surface area contributed by atoms with Gasteiger partial charge in [-0.15, -0.1) is 0 Å². The number of hydrogen-bond donors (Lipinski definition) is 0. The highest BCUT2D eigenvalue weighted by molar-refractivity contribution is 5.92. The predicted molar refractivity (Wildman–Crippen MR) is 110 cm³/mol. The number of carbonyl (C=O) groups is 1. The quantitative estimate of drug-likeness (QED) is 0.672. The summed E-state index contributed by atoms with van der Waals surface area (Å²) in [6, 6.07) is 20.4. The zero-order valence-corrected chi connectivity index (χ0v) is 16.3. The summed E-state index contributed by atoms with van der Waals surface area (Å²) < 4.78 is 6.57. The number of ether oxygens (including phenoxy) is 1. The molecule has 0 N–H and O–H groups in total. The Kier molecular flexibility index (Phi) is 5.42. The first-order chi connectivity index (χ1) is 14.2. The van der Waals surface area contributed by atoms with Gasteiger partial charge in [-0.1, -0.05) is 42.5 Å². The van der Waals surface area contributed by atoms with Crippen molar-refractivity contribution in [3.8, 4) is 5.75 Å². The molecule has 1 fully saturated rings. The van der Waals surface area contributed by atoms with Crippen LogP contribution in [0.2, 0.25) is 0 Å². The van der Waals surface area contributed by atoms with Gasteiger partial charge in [0, 0.05) is 12.6 Å². The first-order valence-corrected chi connectivity index (χ1v) is 9.73. The minimum Gasteiger partial charge on any atom is -0.497 e. The first-order valence-electron chi connectivity index (χ1n) is 9.73. The van der Waals surface area contributed by atoms with E-state index in [1.54, 1.807) is 7.11 Å².